The van der Waals surface area contributed by atoms with Gasteiger partial charge in [0.2, 0.25) is 0 Å². The number of carbonyl (C=O) groups is 1. The van der Waals surface area contributed by atoms with Crippen molar-refractivity contribution in [3.05, 3.63) is 107 Å². The van der Waals surface area contributed by atoms with Gasteiger partial charge >= 0.3 is 0 Å². The van der Waals surface area contributed by atoms with Gasteiger partial charge in [0.05, 0.1) is 30.7 Å². The standard InChI is InChI=1S/C30H28N4O3/c31-30-28(19-32-34(30)25-8-10-27(11-9-25)37-26-4-2-1-3-5-26)29(35)24-17-22-7-6-21(16-23(22)18-24)20-33-12-14-36-15-13-33/h1-11,16-17,19H,12-15,18,20,31H2. The third-order valence-corrected chi connectivity index (χ3v) is 6.83. The number of allylic oxidation sites excluding steroid dienone is 1. The van der Waals surface area contributed by atoms with Crippen LogP contribution in [0.25, 0.3) is 11.8 Å². The highest BCUT2D eigenvalue weighted by Crippen LogP contribution is 2.31. The Morgan fingerprint density at radius 3 is 2.51 bits per heavy atom. The Hall–Kier alpha value is -4.20. The van der Waals surface area contributed by atoms with Gasteiger partial charge in [0.25, 0.3) is 0 Å². The lowest BCUT2D eigenvalue weighted by molar-refractivity contribution is 0.0342. The number of morpholine rings is 1. The van der Waals surface area contributed by atoms with Gasteiger partial charge in [-0.15, -0.1) is 0 Å². The number of hydrogen-bond acceptors (Lipinski definition) is 6. The summed E-state index contributed by atoms with van der Waals surface area (Å²) in [7, 11) is 0. The van der Waals surface area contributed by atoms with Crippen molar-refractivity contribution < 1.29 is 14.3 Å². The Balaban J connectivity index is 1.15. The highest BCUT2D eigenvalue weighted by Gasteiger charge is 2.24. The highest BCUT2D eigenvalue weighted by atomic mass is 16.5. The average Bonchev–Trinajstić information content (AvgIpc) is 3.53. The molecule has 6 rings (SSSR count). The van der Waals surface area contributed by atoms with Crippen LogP contribution in [0.1, 0.15) is 27.0 Å². The van der Waals surface area contributed by atoms with Gasteiger partial charge in [0.15, 0.2) is 5.78 Å². The van der Waals surface area contributed by atoms with Gasteiger partial charge < -0.3 is 15.2 Å². The average molecular weight is 493 g/mol. The second kappa shape index (κ2) is 10.0. The molecule has 1 aliphatic carbocycles. The number of fused-ring (bicyclic) bond motifs is 1. The maximum Gasteiger partial charge on any atom is 0.194 e. The quantitative estimate of drug-likeness (QED) is 0.370. The summed E-state index contributed by atoms with van der Waals surface area (Å²) in [5, 5.41) is 4.41. The van der Waals surface area contributed by atoms with E-state index in [1.807, 2.05) is 60.7 Å². The van der Waals surface area contributed by atoms with Crippen molar-refractivity contribution in [2.24, 2.45) is 0 Å². The number of rotatable bonds is 7. The first-order chi connectivity index (χ1) is 18.1. The molecule has 1 aromatic heterocycles. The molecule has 3 aromatic carbocycles. The monoisotopic (exact) mass is 492 g/mol. The number of Topliss-reactive ketones (excluding diaryl/α,β-unsaturated/α-hetero) is 1. The molecule has 0 radical (unpaired) electrons. The zero-order valence-electron chi connectivity index (χ0n) is 20.5. The van der Waals surface area contributed by atoms with Crippen molar-refractivity contribution >= 4 is 17.7 Å². The van der Waals surface area contributed by atoms with Crippen LogP contribution in [0.5, 0.6) is 11.5 Å². The summed E-state index contributed by atoms with van der Waals surface area (Å²) in [5.74, 6) is 1.71. The van der Waals surface area contributed by atoms with Crippen LogP contribution < -0.4 is 10.5 Å². The summed E-state index contributed by atoms with van der Waals surface area (Å²) in [4.78, 5) is 15.8. The number of benzene rings is 3. The van der Waals surface area contributed by atoms with Crippen LogP contribution in [-0.2, 0) is 17.7 Å². The minimum atomic E-state index is -0.0845. The molecule has 7 heteroatoms. The van der Waals surface area contributed by atoms with Crippen molar-refractivity contribution in [2.45, 2.75) is 13.0 Å². The van der Waals surface area contributed by atoms with E-state index in [1.165, 1.54) is 11.1 Å². The first-order valence-corrected chi connectivity index (χ1v) is 12.5. The lowest BCUT2D eigenvalue weighted by Crippen LogP contribution is -2.35. The van der Waals surface area contributed by atoms with Crippen LogP contribution >= 0.6 is 0 Å². The van der Waals surface area contributed by atoms with E-state index in [0.717, 1.165) is 55.4 Å². The SMILES string of the molecule is Nc1c(C(=O)C2=Cc3ccc(CN4CCOCC4)cc3C2)cnn1-c1ccc(Oc2ccccc2)cc1. The summed E-state index contributed by atoms with van der Waals surface area (Å²) in [6.45, 7) is 4.36. The number of ether oxygens (including phenoxy) is 2. The molecule has 1 fully saturated rings. The summed E-state index contributed by atoms with van der Waals surface area (Å²) < 4.78 is 12.9. The summed E-state index contributed by atoms with van der Waals surface area (Å²) >= 11 is 0. The van der Waals surface area contributed by atoms with Crippen LogP contribution in [0.4, 0.5) is 5.82 Å². The minimum Gasteiger partial charge on any atom is -0.457 e. The minimum absolute atomic E-state index is 0.0845. The van der Waals surface area contributed by atoms with Crippen LogP contribution in [0, 0.1) is 0 Å². The van der Waals surface area contributed by atoms with Crippen molar-refractivity contribution in [1.29, 1.82) is 0 Å². The topological polar surface area (TPSA) is 82.6 Å². The number of para-hydroxylation sites is 1. The first-order valence-electron chi connectivity index (χ1n) is 12.5. The smallest absolute Gasteiger partial charge is 0.194 e. The van der Waals surface area contributed by atoms with E-state index in [9.17, 15) is 4.79 Å². The number of anilines is 1. The fourth-order valence-electron chi connectivity index (χ4n) is 4.85. The van der Waals surface area contributed by atoms with Crippen LogP contribution in [0.2, 0.25) is 0 Å². The number of ketones is 1. The maximum absolute atomic E-state index is 13.4. The fraction of sp³-hybridized carbons (Fsp3) is 0.200. The third-order valence-electron chi connectivity index (χ3n) is 6.83. The molecule has 0 atom stereocenters. The predicted octanol–water partition coefficient (Wildman–Crippen LogP) is 4.90. The predicted molar refractivity (Wildman–Crippen MR) is 143 cm³/mol. The zero-order valence-corrected chi connectivity index (χ0v) is 20.5. The second-order valence-electron chi connectivity index (χ2n) is 9.36. The van der Waals surface area contributed by atoms with Gasteiger partial charge in [0, 0.05) is 31.6 Å². The van der Waals surface area contributed by atoms with E-state index in [1.54, 1.807) is 10.9 Å². The molecule has 0 spiro atoms. The van der Waals surface area contributed by atoms with Crippen LogP contribution in [0.3, 0.4) is 0 Å². The lowest BCUT2D eigenvalue weighted by atomic mass is 10.0. The van der Waals surface area contributed by atoms with E-state index in [-0.39, 0.29) is 5.78 Å². The highest BCUT2D eigenvalue weighted by molar-refractivity contribution is 6.15. The molecule has 2 aliphatic rings. The molecule has 0 bridgehead atoms. The Bertz CT molecular complexity index is 1450. The molecule has 1 saturated heterocycles. The molecule has 0 saturated carbocycles. The van der Waals surface area contributed by atoms with E-state index in [4.69, 9.17) is 15.2 Å². The van der Waals surface area contributed by atoms with E-state index >= 15 is 0 Å². The molecule has 1 aliphatic heterocycles. The van der Waals surface area contributed by atoms with Gasteiger partial charge in [-0.05, 0) is 59.2 Å². The van der Waals surface area contributed by atoms with Gasteiger partial charge in [0.1, 0.15) is 17.3 Å². The van der Waals surface area contributed by atoms with Gasteiger partial charge in [-0.3, -0.25) is 9.69 Å². The molecule has 2 N–H and O–H groups in total. The van der Waals surface area contributed by atoms with Crippen LogP contribution in [-0.4, -0.2) is 46.8 Å². The Morgan fingerprint density at radius 2 is 1.73 bits per heavy atom. The number of carbonyl (C=O) groups excluding carboxylic acids is 1. The van der Waals surface area contributed by atoms with E-state index < -0.39 is 0 Å². The summed E-state index contributed by atoms with van der Waals surface area (Å²) in [6.07, 6.45) is 4.13. The molecule has 2 heterocycles. The van der Waals surface area contributed by atoms with Gasteiger partial charge in [-0.1, -0.05) is 36.4 Å². The molecule has 0 unspecified atom stereocenters. The number of nitrogens with two attached hydrogens (primary N) is 1. The molecule has 186 valence electrons. The molecule has 37 heavy (non-hydrogen) atoms. The lowest BCUT2D eigenvalue weighted by Gasteiger charge is -2.26. The Labute approximate surface area is 215 Å². The molecule has 0 amide bonds. The van der Waals surface area contributed by atoms with Gasteiger partial charge in [-0.25, -0.2) is 4.68 Å². The molecule has 7 nitrogen and oxygen atoms in total. The zero-order chi connectivity index (χ0) is 25.2. The van der Waals surface area contributed by atoms with Crippen molar-refractivity contribution in [2.75, 3.05) is 32.0 Å². The number of nitrogen functional groups attached to an aromatic ring is 1. The van der Waals surface area contributed by atoms with Crippen molar-refractivity contribution in [1.82, 2.24) is 14.7 Å². The molecule has 4 aromatic rings. The van der Waals surface area contributed by atoms with E-state index in [0.29, 0.717) is 23.6 Å². The second-order valence-corrected chi connectivity index (χ2v) is 9.36. The summed E-state index contributed by atoms with van der Waals surface area (Å²) in [6, 6.07) is 23.5. The van der Waals surface area contributed by atoms with E-state index in [2.05, 4.69) is 28.2 Å². The van der Waals surface area contributed by atoms with Crippen LogP contribution in [0.15, 0.2) is 84.6 Å². The van der Waals surface area contributed by atoms with Gasteiger partial charge in [-0.2, -0.15) is 5.10 Å². The fourth-order valence-corrected chi connectivity index (χ4v) is 4.85. The maximum atomic E-state index is 13.4. The summed E-state index contributed by atoms with van der Waals surface area (Å²) in [5.41, 5.74) is 11.8. The number of nitrogens with zero attached hydrogens (tertiary/aromatic N) is 3. The third kappa shape index (κ3) is 4.91. The first kappa shape index (κ1) is 23.2. The Kier molecular flexibility index (Phi) is 6.30. The molecular formula is C30H28N4O3. The largest absolute Gasteiger partial charge is 0.457 e. The number of hydrogen-bond donors (Lipinski definition) is 1. The molecular weight excluding hydrogens is 464 g/mol. The van der Waals surface area contributed by atoms with Crippen molar-refractivity contribution in [3.8, 4) is 17.2 Å². The number of aromatic nitrogens is 2. The Morgan fingerprint density at radius 1 is 0.973 bits per heavy atom. The van der Waals surface area contributed by atoms with Crippen molar-refractivity contribution in [3.63, 3.8) is 0 Å². The normalized spacial score (nSPS) is 15.3.